The molecule has 0 aliphatic carbocycles. The molecular weight excluding hydrogens is 382 g/mol. The van der Waals surface area contributed by atoms with E-state index in [4.69, 9.17) is 10.2 Å². The van der Waals surface area contributed by atoms with Crippen LogP contribution >= 0.6 is 0 Å². The monoisotopic (exact) mass is 417 g/mol. The Morgan fingerprint density at radius 2 is 1.84 bits per heavy atom. The van der Waals surface area contributed by atoms with E-state index >= 15 is 0 Å². The van der Waals surface area contributed by atoms with E-state index in [1.807, 2.05) is 45.0 Å². The van der Waals surface area contributed by atoms with Crippen molar-refractivity contribution in [2.24, 2.45) is 5.73 Å². The van der Waals surface area contributed by atoms with Crippen molar-refractivity contribution in [1.29, 1.82) is 5.26 Å². The number of nitriles is 1. The second kappa shape index (κ2) is 12.3. The van der Waals surface area contributed by atoms with Crippen molar-refractivity contribution >= 4 is 18.2 Å². The number of benzene rings is 1. The summed E-state index contributed by atoms with van der Waals surface area (Å²) in [5.41, 5.74) is 9.05. The van der Waals surface area contributed by atoms with Gasteiger partial charge in [-0.25, -0.2) is 0 Å². The summed E-state index contributed by atoms with van der Waals surface area (Å²) in [5.74, 6) is 1.31. The van der Waals surface area contributed by atoms with E-state index in [0.717, 1.165) is 29.1 Å². The van der Waals surface area contributed by atoms with Crippen molar-refractivity contribution in [3.63, 3.8) is 0 Å². The number of furan rings is 1. The van der Waals surface area contributed by atoms with Gasteiger partial charge < -0.3 is 15.1 Å². The molecule has 1 aromatic carbocycles. The summed E-state index contributed by atoms with van der Waals surface area (Å²) < 4.78 is 5.97. The molecule has 31 heavy (non-hydrogen) atoms. The van der Waals surface area contributed by atoms with Crippen LogP contribution in [0, 0.1) is 11.3 Å². The Bertz CT molecular complexity index is 1110. The fraction of sp³-hybridized carbons (Fsp3) is 0.296. The lowest BCUT2D eigenvalue weighted by Gasteiger charge is -2.21. The van der Waals surface area contributed by atoms with Crippen LogP contribution < -0.4 is 16.2 Å². The van der Waals surface area contributed by atoms with Crippen LogP contribution in [-0.2, 0) is 0 Å². The lowest BCUT2D eigenvalue weighted by molar-refractivity contribution is 0.399. The van der Waals surface area contributed by atoms with Crippen molar-refractivity contribution in [3.05, 3.63) is 76.2 Å². The average molecular weight is 418 g/mol. The molecule has 0 aliphatic rings. The Hall–Kier alpha value is -3.45. The zero-order chi connectivity index (χ0) is 23.6. The summed E-state index contributed by atoms with van der Waals surface area (Å²) >= 11 is 0. The molecule has 4 heteroatoms. The summed E-state index contributed by atoms with van der Waals surface area (Å²) in [6, 6.07) is 11.9. The summed E-state index contributed by atoms with van der Waals surface area (Å²) in [6.45, 7) is 21.9. The van der Waals surface area contributed by atoms with Gasteiger partial charge in [0.1, 0.15) is 17.6 Å². The molecule has 0 radical (unpaired) electrons. The fourth-order valence-electron chi connectivity index (χ4n) is 3.22. The van der Waals surface area contributed by atoms with Crippen LogP contribution in [0.2, 0.25) is 0 Å². The van der Waals surface area contributed by atoms with E-state index in [9.17, 15) is 5.26 Å². The molecule has 0 fully saturated rings. The van der Waals surface area contributed by atoms with Gasteiger partial charge in [0, 0.05) is 35.6 Å². The SMILES string of the molecule is C=C(N)/C(C#N)=C(\C)c1ccc(-c2cc/c(=C/C(=C\C)N(CC)CC)c(=C)c2)o1.CC. The highest BCUT2D eigenvalue weighted by atomic mass is 16.3. The Balaban J connectivity index is 0.00000233. The van der Waals surface area contributed by atoms with Crippen LogP contribution in [0.15, 0.2) is 64.4 Å². The van der Waals surface area contributed by atoms with Gasteiger partial charge in [-0.3, -0.25) is 0 Å². The van der Waals surface area contributed by atoms with Crippen molar-refractivity contribution < 1.29 is 4.42 Å². The molecule has 1 aromatic heterocycles. The third-order valence-electron chi connectivity index (χ3n) is 4.94. The molecule has 1 heterocycles. The van der Waals surface area contributed by atoms with E-state index in [0.29, 0.717) is 22.7 Å². The zero-order valence-corrected chi connectivity index (χ0v) is 19.7. The number of allylic oxidation sites excluding steroid dienone is 4. The predicted molar refractivity (Wildman–Crippen MR) is 133 cm³/mol. The molecule has 2 rings (SSSR count). The third kappa shape index (κ3) is 6.26. The van der Waals surface area contributed by atoms with Gasteiger partial charge in [0.2, 0.25) is 0 Å². The van der Waals surface area contributed by atoms with E-state index in [1.165, 1.54) is 5.70 Å². The minimum atomic E-state index is 0.232. The van der Waals surface area contributed by atoms with Crippen LogP contribution in [0.25, 0.3) is 29.6 Å². The van der Waals surface area contributed by atoms with E-state index < -0.39 is 0 Å². The summed E-state index contributed by atoms with van der Waals surface area (Å²) in [5, 5.41) is 11.3. The number of hydrogen-bond donors (Lipinski definition) is 1. The zero-order valence-electron chi connectivity index (χ0n) is 19.7. The van der Waals surface area contributed by atoms with Gasteiger partial charge >= 0.3 is 0 Å². The average Bonchev–Trinajstić information content (AvgIpc) is 3.26. The number of nitrogens with zero attached hydrogens (tertiary/aromatic N) is 2. The van der Waals surface area contributed by atoms with Gasteiger partial charge in [0.05, 0.1) is 5.57 Å². The van der Waals surface area contributed by atoms with E-state index in [2.05, 4.69) is 56.2 Å². The summed E-state index contributed by atoms with van der Waals surface area (Å²) in [7, 11) is 0. The molecule has 4 nitrogen and oxygen atoms in total. The molecule has 0 bridgehead atoms. The van der Waals surface area contributed by atoms with Crippen molar-refractivity contribution in [2.75, 3.05) is 13.1 Å². The maximum absolute atomic E-state index is 9.28. The van der Waals surface area contributed by atoms with Crippen molar-refractivity contribution in [3.8, 4) is 17.4 Å². The quantitative estimate of drug-likeness (QED) is 0.498. The molecule has 0 saturated heterocycles. The van der Waals surface area contributed by atoms with Crippen molar-refractivity contribution in [1.82, 2.24) is 4.90 Å². The minimum absolute atomic E-state index is 0.232. The third-order valence-corrected chi connectivity index (χ3v) is 4.94. The van der Waals surface area contributed by atoms with Crippen LogP contribution in [0.1, 0.15) is 47.3 Å². The molecule has 2 N–H and O–H groups in total. The topological polar surface area (TPSA) is 66.2 Å². The summed E-state index contributed by atoms with van der Waals surface area (Å²) in [6.07, 6.45) is 4.28. The highest BCUT2D eigenvalue weighted by molar-refractivity contribution is 5.73. The van der Waals surface area contributed by atoms with E-state index in [-0.39, 0.29) is 5.70 Å². The Morgan fingerprint density at radius 3 is 2.32 bits per heavy atom. The van der Waals surface area contributed by atoms with Gasteiger partial charge in [0.15, 0.2) is 0 Å². The molecule has 0 spiro atoms. The van der Waals surface area contributed by atoms with Crippen LogP contribution in [-0.4, -0.2) is 18.0 Å². The fourth-order valence-corrected chi connectivity index (χ4v) is 3.22. The smallest absolute Gasteiger partial charge is 0.134 e. The van der Waals surface area contributed by atoms with Gasteiger partial charge in [-0.15, -0.1) is 0 Å². The molecule has 0 saturated carbocycles. The van der Waals surface area contributed by atoms with Crippen LogP contribution in [0.3, 0.4) is 0 Å². The molecule has 0 unspecified atom stereocenters. The second-order valence-corrected chi connectivity index (χ2v) is 6.74. The lowest BCUT2D eigenvalue weighted by Crippen LogP contribution is -2.27. The normalized spacial score (nSPS) is 12.4. The van der Waals surface area contributed by atoms with Crippen LogP contribution in [0.5, 0.6) is 0 Å². The Morgan fingerprint density at radius 1 is 1.19 bits per heavy atom. The first-order valence-corrected chi connectivity index (χ1v) is 10.7. The van der Waals surface area contributed by atoms with Crippen LogP contribution in [0.4, 0.5) is 0 Å². The molecule has 164 valence electrons. The minimum Gasteiger partial charge on any atom is -0.456 e. The first kappa shape index (κ1) is 25.6. The number of hydrogen-bond acceptors (Lipinski definition) is 4. The number of rotatable bonds is 7. The lowest BCUT2D eigenvalue weighted by atomic mass is 10.1. The largest absolute Gasteiger partial charge is 0.456 e. The Labute approximate surface area is 187 Å². The highest BCUT2D eigenvalue weighted by Gasteiger charge is 2.11. The Kier molecular flexibility index (Phi) is 10.1. The summed E-state index contributed by atoms with van der Waals surface area (Å²) in [4.78, 5) is 2.30. The van der Waals surface area contributed by atoms with Gasteiger partial charge in [-0.1, -0.05) is 45.2 Å². The number of nitrogens with two attached hydrogens (primary N) is 1. The molecule has 0 aliphatic heterocycles. The van der Waals surface area contributed by atoms with E-state index in [1.54, 1.807) is 6.92 Å². The predicted octanol–water partition coefficient (Wildman–Crippen LogP) is 5.18. The second-order valence-electron chi connectivity index (χ2n) is 6.74. The molecule has 0 amide bonds. The van der Waals surface area contributed by atoms with Gasteiger partial charge in [-0.2, -0.15) is 5.26 Å². The van der Waals surface area contributed by atoms with Crippen molar-refractivity contribution in [2.45, 2.75) is 41.5 Å². The highest BCUT2D eigenvalue weighted by Crippen LogP contribution is 2.27. The first-order valence-electron chi connectivity index (χ1n) is 10.7. The standard InChI is InChI=1S/C25H29N3O.C2H6/c1-7-22(28(8-2)9-3)15-20-10-11-21(14-17(20)4)25-13-12-24(29-25)18(5)23(16-26)19(6)27;1-2/h7,10-15H,4,6,8-9,27H2,1-3,5H3;1-2H3/b20-15-,22-7+,23-18+;. The van der Waals surface area contributed by atoms with Gasteiger partial charge in [-0.05, 0) is 62.4 Å². The van der Waals surface area contributed by atoms with Gasteiger partial charge in [0.25, 0.3) is 0 Å². The first-order chi connectivity index (χ1) is 14.9. The maximum atomic E-state index is 9.28. The maximum Gasteiger partial charge on any atom is 0.134 e. The molecule has 0 atom stereocenters. The molecular formula is C27H35N3O. The molecule has 2 aromatic rings.